The van der Waals surface area contributed by atoms with Crippen LogP contribution in [0.25, 0.3) is 0 Å². The van der Waals surface area contributed by atoms with Crippen LogP contribution < -0.4 is 14.2 Å². The Balaban J connectivity index is 1.58. The Morgan fingerprint density at radius 1 is 1.23 bits per heavy atom. The average Bonchev–Trinajstić information content (AvgIpc) is 3.10. The summed E-state index contributed by atoms with van der Waals surface area (Å²) in [6, 6.07) is 11.0. The smallest absolute Gasteiger partial charge is 0.305 e. The van der Waals surface area contributed by atoms with Crippen molar-refractivity contribution in [3.63, 3.8) is 0 Å². The number of sulfonamides is 1. The van der Waals surface area contributed by atoms with Gasteiger partial charge in [-0.1, -0.05) is 0 Å². The molecule has 0 bridgehead atoms. The number of benzene rings is 2. The summed E-state index contributed by atoms with van der Waals surface area (Å²) in [7, 11) is -2.32. The molecule has 9 nitrogen and oxygen atoms in total. The van der Waals surface area contributed by atoms with Crippen LogP contribution >= 0.6 is 0 Å². The third kappa shape index (κ3) is 4.32. The van der Waals surface area contributed by atoms with Crippen LogP contribution in [0.2, 0.25) is 0 Å². The Labute approximate surface area is 179 Å². The standard InChI is InChI=1S/C21H23NO8S/c1-28-13-3-5-15(6-4-13)31(26,27)22-12-2-7-18-16(8-12)17-9-14(10-20(24)25)29-19(11-23)21(17)30-18/h2-8,14,17,19,21-23H,9-11H2,1H3,(H,24,25)/t14-,17-,19-,21+/m0/s1. The van der Waals surface area contributed by atoms with E-state index in [4.69, 9.17) is 19.3 Å². The third-order valence-electron chi connectivity index (χ3n) is 5.52. The number of ether oxygens (including phenoxy) is 3. The molecular weight excluding hydrogens is 426 g/mol. The van der Waals surface area contributed by atoms with Crippen LogP contribution in [0.5, 0.6) is 11.5 Å². The largest absolute Gasteiger partial charge is 0.497 e. The van der Waals surface area contributed by atoms with Crippen LogP contribution in [0.1, 0.15) is 24.3 Å². The Morgan fingerprint density at radius 2 is 1.97 bits per heavy atom. The number of hydrogen-bond donors (Lipinski definition) is 3. The van der Waals surface area contributed by atoms with E-state index in [1.54, 1.807) is 30.3 Å². The van der Waals surface area contributed by atoms with E-state index < -0.39 is 34.3 Å². The van der Waals surface area contributed by atoms with Crippen molar-refractivity contribution in [2.24, 2.45) is 0 Å². The average molecular weight is 449 g/mol. The zero-order valence-electron chi connectivity index (χ0n) is 16.7. The van der Waals surface area contributed by atoms with E-state index in [0.29, 0.717) is 23.6 Å². The number of carbonyl (C=O) groups is 1. The van der Waals surface area contributed by atoms with Gasteiger partial charge in [-0.25, -0.2) is 8.42 Å². The number of aliphatic carboxylic acids is 1. The molecule has 0 amide bonds. The van der Waals surface area contributed by atoms with Crippen molar-refractivity contribution >= 4 is 21.7 Å². The first-order valence-corrected chi connectivity index (χ1v) is 11.2. The molecule has 0 unspecified atom stereocenters. The fraction of sp³-hybridized carbons (Fsp3) is 0.381. The lowest BCUT2D eigenvalue weighted by molar-refractivity contribution is -0.153. The molecule has 0 radical (unpaired) electrons. The Morgan fingerprint density at radius 3 is 2.61 bits per heavy atom. The molecule has 4 rings (SSSR count). The summed E-state index contributed by atoms with van der Waals surface area (Å²) < 4.78 is 44.8. The minimum atomic E-state index is -3.82. The van der Waals surface area contributed by atoms with E-state index in [2.05, 4.69) is 4.72 Å². The van der Waals surface area contributed by atoms with Gasteiger partial charge in [-0.3, -0.25) is 9.52 Å². The maximum atomic E-state index is 12.8. The predicted molar refractivity (Wildman–Crippen MR) is 110 cm³/mol. The Bertz CT molecular complexity index is 1070. The second-order valence-electron chi connectivity index (χ2n) is 7.54. The molecular formula is C21H23NO8S. The highest BCUT2D eigenvalue weighted by atomic mass is 32.2. The van der Waals surface area contributed by atoms with Gasteiger partial charge in [-0.2, -0.15) is 0 Å². The lowest BCUT2D eigenvalue weighted by Crippen LogP contribution is -2.46. The Hall–Kier alpha value is -2.82. The lowest BCUT2D eigenvalue weighted by Gasteiger charge is -2.36. The van der Waals surface area contributed by atoms with Crippen LogP contribution in [-0.4, -0.2) is 56.6 Å². The van der Waals surface area contributed by atoms with Crippen LogP contribution in [-0.2, 0) is 19.6 Å². The van der Waals surface area contributed by atoms with E-state index in [1.165, 1.54) is 19.2 Å². The highest BCUT2D eigenvalue weighted by molar-refractivity contribution is 7.92. The van der Waals surface area contributed by atoms with Gasteiger partial charge in [0.05, 0.1) is 31.1 Å². The molecule has 3 N–H and O–H groups in total. The fourth-order valence-corrected chi connectivity index (χ4v) is 5.17. The monoisotopic (exact) mass is 449 g/mol. The summed E-state index contributed by atoms with van der Waals surface area (Å²) in [6.07, 6.45) is -1.47. The third-order valence-corrected chi connectivity index (χ3v) is 6.92. The zero-order chi connectivity index (χ0) is 22.2. The van der Waals surface area contributed by atoms with E-state index in [9.17, 15) is 18.3 Å². The summed E-state index contributed by atoms with van der Waals surface area (Å²) in [4.78, 5) is 11.2. The summed E-state index contributed by atoms with van der Waals surface area (Å²) in [5.41, 5.74) is 1.12. The van der Waals surface area contributed by atoms with Crippen LogP contribution in [0.3, 0.4) is 0 Å². The van der Waals surface area contributed by atoms with Gasteiger partial charge >= 0.3 is 5.97 Å². The quantitative estimate of drug-likeness (QED) is 0.585. The van der Waals surface area contributed by atoms with Crippen molar-refractivity contribution in [3.8, 4) is 11.5 Å². The lowest BCUT2D eigenvalue weighted by atomic mass is 9.84. The number of aliphatic hydroxyl groups is 1. The van der Waals surface area contributed by atoms with Gasteiger partial charge < -0.3 is 24.4 Å². The van der Waals surface area contributed by atoms with Gasteiger partial charge in [-0.15, -0.1) is 0 Å². The summed E-state index contributed by atoms with van der Waals surface area (Å²) in [5.74, 6) is -0.0788. The summed E-state index contributed by atoms with van der Waals surface area (Å²) in [5, 5.41) is 18.8. The van der Waals surface area contributed by atoms with Gasteiger partial charge in [-0.05, 0) is 48.9 Å². The van der Waals surface area contributed by atoms with Gasteiger partial charge in [0.25, 0.3) is 10.0 Å². The molecule has 2 aliphatic rings. The highest BCUT2D eigenvalue weighted by Crippen LogP contribution is 2.47. The van der Waals surface area contributed by atoms with E-state index in [-0.39, 0.29) is 23.8 Å². The number of fused-ring (bicyclic) bond motifs is 3. The van der Waals surface area contributed by atoms with Crippen LogP contribution in [0.4, 0.5) is 5.69 Å². The van der Waals surface area contributed by atoms with Crippen molar-refractivity contribution in [2.75, 3.05) is 18.4 Å². The topological polar surface area (TPSA) is 131 Å². The summed E-state index contributed by atoms with van der Waals surface area (Å²) >= 11 is 0. The van der Waals surface area contributed by atoms with Gasteiger partial charge in [0.15, 0.2) is 0 Å². The van der Waals surface area contributed by atoms with Crippen molar-refractivity contribution in [1.82, 2.24) is 0 Å². The van der Waals surface area contributed by atoms with E-state index in [0.717, 1.165) is 5.56 Å². The second-order valence-corrected chi connectivity index (χ2v) is 9.22. The minimum absolute atomic E-state index is 0.0934. The highest BCUT2D eigenvalue weighted by Gasteiger charge is 2.46. The van der Waals surface area contributed by atoms with Gasteiger partial charge in [0.2, 0.25) is 0 Å². The zero-order valence-corrected chi connectivity index (χ0v) is 17.5. The number of carboxylic acids is 1. The number of rotatable bonds is 7. The van der Waals surface area contributed by atoms with Crippen molar-refractivity contribution in [1.29, 1.82) is 0 Å². The normalized spacial score (nSPS) is 24.6. The van der Waals surface area contributed by atoms with Crippen molar-refractivity contribution < 1.29 is 37.6 Å². The molecule has 0 aromatic heterocycles. The van der Waals surface area contributed by atoms with E-state index >= 15 is 0 Å². The second kappa shape index (κ2) is 8.37. The van der Waals surface area contributed by atoms with Gasteiger partial charge in [0, 0.05) is 17.2 Å². The number of anilines is 1. The molecule has 2 aliphatic heterocycles. The van der Waals surface area contributed by atoms with E-state index in [1.807, 2.05) is 0 Å². The summed E-state index contributed by atoms with van der Waals surface area (Å²) in [6.45, 7) is -0.303. The molecule has 31 heavy (non-hydrogen) atoms. The van der Waals surface area contributed by atoms with Crippen LogP contribution in [0.15, 0.2) is 47.4 Å². The van der Waals surface area contributed by atoms with Gasteiger partial charge in [0.1, 0.15) is 23.7 Å². The number of carboxylic acid groups (broad SMARTS) is 1. The molecule has 10 heteroatoms. The van der Waals surface area contributed by atoms with Crippen molar-refractivity contribution in [3.05, 3.63) is 48.0 Å². The molecule has 1 fully saturated rings. The van der Waals surface area contributed by atoms with Crippen LogP contribution in [0, 0.1) is 0 Å². The predicted octanol–water partition coefficient (Wildman–Crippen LogP) is 1.97. The molecule has 0 saturated carbocycles. The minimum Gasteiger partial charge on any atom is -0.497 e. The fourth-order valence-electron chi connectivity index (χ4n) is 4.12. The number of nitrogens with one attached hydrogen (secondary N) is 1. The van der Waals surface area contributed by atoms with Crippen molar-refractivity contribution in [2.45, 2.75) is 42.0 Å². The molecule has 1 saturated heterocycles. The maximum Gasteiger partial charge on any atom is 0.305 e. The first kappa shape index (κ1) is 21.4. The number of methoxy groups -OCH3 is 1. The first-order valence-electron chi connectivity index (χ1n) is 9.76. The number of hydrogen-bond acceptors (Lipinski definition) is 7. The molecule has 0 aliphatic carbocycles. The molecule has 0 spiro atoms. The molecule has 166 valence electrons. The number of aliphatic hydroxyl groups excluding tert-OH is 1. The molecule has 4 atom stereocenters. The maximum absolute atomic E-state index is 12.8. The Kier molecular flexibility index (Phi) is 5.78. The molecule has 2 heterocycles. The molecule has 2 aromatic rings. The first-order chi connectivity index (χ1) is 14.8. The molecule has 2 aromatic carbocycles. The SMILES string of the molecule is COc1ccc(S(=O)(=O)Nc2ccc3c(c2)[C@@H]2C[C@@H](CC(=O)O)O[C@@H](CO)[C@@H]2O3)cc1.